The highest BCUT2D eigenvalue weighted by Gasteiger charge is 2.13. The maximum absolute atomic E-state index is 12.3. The zero-order valence-electron chi connectivity index (χ0n) is 13.3. The summed E-state index contributed by atoms with van der Waals surface area (Å²) in [6.45, 7) is 2.05. The van der Waals surface area contributed by atoms with Gasteiger partial charge in [-0.3, -0.25) is 9.36 Å². The lowest BCUT2D eigenvalue weighted by molar-refractivity contribution is 0.0911. The van der Waals surface area contributed by atoms with Crippen LogP contribution in [0, 0.1) is 6.92 Å². The van der Waals surface area contributed by atoms with E-state index in [1.165, 1.54) is 0 Å². The van der Waals surface area contributed by atoms with Crippen LogP contribution in [0.15, 0.2) is 61.2 Å². The lowest BCUT2D eigenvalue weighted by atomic mass is 10.0. The third kappa shape index (κ3) is 3.49. The van der Waals surface area contributed by atoms with E-state index in [1.54, 1.807) is 41.5 Å². The van der Waals surface area contributed by atoms with Gasteiger partial charge in [0.05, 0.1) is 6.10 Å². The largest absolute Gasteiger partial charge is 0.387 e. The molecule has 6 nitrogen and oxygen atoms in total. The van der Waals surface area contributed by atoms with Crippen LogP contribution in [0.3, 0.4) is 0 Å². The second kappa shape index (κ2) is 7.06. The number of benzene rings is 1. The highest BCUT2D eigenvalue weighted by Crippen LogP contribution is 2.16. The number of hydrogen-bond donors (Lipinski definition) is 2. The number of aliphatic hydroxyl groups is 1. The molecule has 6 heteroatoms. The van der Waals surface area contributed by atoms with Crippen LogP contribution in [-0.2, 0) is 0 Å². The summed E-state index contributed by atoms with van der Waals surface area (Å²) in [6, 6.07) is 12.7. The monoisotopic (exact) mass is 322 g/mol. The van der Waals surface area contributed by atoms with Gasteiger partial charge in [0, 0.05) is 18.9 Å². The molecule has 1 amide bonds. The highest BCUT2D eigenvalue weighted by molar-refractivity contribution is 5.92. The minimum atomic E-state index is -0.757. The molecule has 1 unspecified atom stereocenters. The molecule has 3 aromatic rings. The first-order chi connectivity index (χ1) is 11.6. The highest BCUT2D eigenvalue weighted by atomic mass is 16.3. The molecule has 0 saturated heterocycles. The molecule has 0 aliphatic heterocycles. The van der Waals surface area contributed by atoms with Gasteiger partial charge in [0.15, 0.2) is 0 Å². The van der Waals surface area contributed by atoms with Crippen LogP contribution in [0.4, 0.5) is 0 Å². The molecule has 0 aliphatic carbocycles. The molecule has 1 atom stereocenters. The molecule has 0 spiro atoms. The summed E-state index contributed by atoms with van der Waals surface area (Å²) >= 11 is 0. The topological polar surface area (TPSA) is 80.0 Å². The standard InChI is InChI=1S/C18H18N4O2/c1-13-5-2-3-6-14(13)16(23)11-20-18(24)15-7-4-8-17(21-15)22-10-9-19-12-22/h2-10,12,16,23H,11H2,1H3,(H,20,24). The van der Waals surface area contributed by atoms with Crippen molar-refractivity contribution in [2.75, 3.05) is 6.54 Å². The van der Waals surface area contributed by atoms with Gasteiger partial charge in [0.2, 0.25) is 0 Å². The van der Waals surface area contributed by atoms with Crippen LogP contribution < -0.4 is 5.32 Å². The van der Waals surface area contributed by atoms with Crippen molar-refractivity contribution in [1.82, 2.24) is 19.9 Å². The van der Waals surface area contributed by atoms with Gasteiger partial charge in [-0.2, -0.15) is 0 Å². The third-order valence-corrected chi connectivity index (χ3v) is 3.74. The summed E-state index contributed by atoms with van der Waals surface area (Å²) in [6.07, 6.45) is 4.26. The maximum atomic E-state index is 12.3. The summed E-state index contributed by atoms with van der Waals surface area (Å²) < 4.78 is 1.72. The summed E-state index contributed by atoms with van der Waals surface area (Å²) in [5.41, 5.74) is 2.08. The Morgan fingerprint density at radius 1 is 1.25 bits per heavy atom. The SMILES string of the molecule is Cc1ccccc1C(O)CNC(=O)c1cccc(-n2ccnc2)n1. The number of pyridine rings is 1. The molecular formula is C18H18N4O2. The van der Waals surface area contributed by atoms with Gasteiger partial charge < -0.3 is 10.4 Å². The first-order valence-electron chi connectivity index (χ1n) is 7.62. The minimum absolute atomic E-state index is 0.126. The van der Waals surface area contributed by atoms with E-state index >= 15 is 0 Å². The van der Waals surface area contributed by atoms with E-state index in [4.69, 9.17) is 0 Å². The van der Waals surface area contributed by atoms with Gasteiger partial charge >= 0.3 is 0 Å². The second-order valence-electron chi connectivity index (χ2n) is 5.43. The number of carbonyl (C=O) groups is 1. The lowest BCUT2D eigenvalue weighted by Crippen LogP contribution is -2.29. The molecule has 24 heavy (non-hydrogen) atoms. The summed E-state index contributed by atoms with van der Waals surface area (Å²) in [5, 5.41) is 13.0. The molecule has 2 N–H and O–H groups in total. The van der Waals surface area contributed by atoms with Gasteiger partial charge in [-0.15, -0.1) is 0 Å². The van der Waals surface area contributed by atoms with E-state index in [2.05, 4.69) is 15.3 Å². The lowest BCUT2D eigenvalue weighted by Gasteiger charge is -2.14. The molecule has 0 aliphatic rings. The Balaban J connectivity index is 1.67. The number of carbonyl (C=O) groups excluding carboxylic acids is 1. The Morgan fingerprint density at radius 3 is 2.83 bits per heavy atom. The maximum Gasteiger partial charge on any atom is 0.270 e. The van der Waals surface area contributed by atoms with Crippen LogP contribution in [0.25, 0.3) is 5.82 Å². The Labute approximate surface area is 139 Å². The Bertz CT molecular complexity index is 831. The van der Waals surface area contributed by atoms with Crippen molar-refractivity contribution < 1.29 is 9.90 Å². The number of aryl methyl sites for hydroxylation is 1. The average Bonchev–Trinajstić information content (AvgIpc) is 3.14. The van der Waals surface area contributed by atoms with E-state index in [1.807, 2.05) is 31.2 Å². The molecule has 2 heterocycles. The predicted octanol–water partition coefficient (Wildman–Crippen LogP) is 2.04. The van der Waals surface area contributed by atoms with E-state index in [9.17, 15) is 9.90 Å². The van der Waals surface area contributed by atoms with Crippen LogP contribution in [-0.4, -0.2) is 32.1 Å². The summed E-state index contributed by atoms with van der Waals surface area (Å²) in [7, 11) is 0. The summed E-state index contributed by atoms with van der Waals surface area (Å²) in [4.78, 5) is 20.6. The van der Waals surface area contributed by atoms with Crippen molar-refractivity contribution in [1.29, 1.82) is 0 Å². The van der Waals surface area contributed by atoms with Crippen molar-refractivity contribution in [3.05, 3.63) is 78.0 Å². The van der Waals surface area contributed by atoms with Crippen molar-refractivity contribution in [2.24, 2.45) is 0 Å². The van der Waals surface area contributed by atoms with Crippen molar-refractivity contribution in [3.63, 3.8) is 0 Å². The molecule has 3 rings (SSSR count). The van der Waals surface area contributed by atoms with Gasteiger partial charge in [-0.05, 0) is 30.2 Å². The van der Waals surface area contributed by atoms with Gasteiger partial charge in [-0.1, -0.05) is 30.3 Å². The number of nitrogens with one attached hydrogen (secondary N) is 1. The fraction of sp³-hybridized carbons (Fsp3) is 0.167. The van der Waals surface area contributed by atoms with E-state index in [-0.39, 0.29) is 18.1 Å². The van der Waals surface area contributed by atoms with Gasteiger partial charge in [0.1, 0.15) is 17.8 Å². The molecule has 0 saturated carbocycles. The fourth-order valence-electron chi connectivity index (χ4n) is 2.44. The van der Waals surface area contributed by atoms with Gasteiger partial charge in [0.25, 0.3) is 5.91 Å². The first kappa shape index (κ1) is 15.9. The molecular weight excluding hydrogens is 304 g/mol. The quantitative estimate of drug-likeness (QED) is 0.753. The van der Waals surface area contributed by atoms with Crippen LogP contribution in [0.5, 0.6) is 0 Å². The number of hydrogen-bond acceptors (Lipinski definition) is 4. The molecule has 0 bridgehead atoms. The van der Waals surface area contributed by atoms with Crippen molar-refractivity contribution >= 4 is 5.91 Å². The molecule has 0 fully saturated rings. The van der Waals surface area contributed by atoms with Gasteiger partial charge in [-0.25, -0.2) is 9.97 Å². The Morgan fingerprint density at radius 2 is 2.08 bits per heavy atom. The zero-order chi connectivity index (χ0) is 16.9. The second-order valence-corrected chi connectivity index (χ2v) is 5.43. The molecule has 122 valence electrons. The Kier molecular flexibility index (Phi) is 4.67. The first-order valence-corrected chi connectivity index (χ1v) is 7.62. The average molecular weight is 322 g/mol. The molecule has 0 radical (unpaired) electrons. The normalized spacial score (nSPS) is 11.9. The minimum Gasteiger partial charge on any atom is -0.387 e. The van der Waals surface area contributed by atoms with Crippen molar-refractivity contribution in [2.45, 2.75) is 13.0 Å². The Hall–Kier alpha value is -2.99. The zero-order valence-corrected chi connectivity index (χ0v) is 13.3. The molecule has 1 aromatic carbocycles. The van der Waals surface area contributed by atoms with Crippen molar-refractivity contribution in [3.8, 4) is 5.82 Å². The third-order valence-electron chi connectivity index (χ3n) is 3.74. The van der Waals surface area contributed by atoms with Crippen LogP contribution in [0.2, 0.25) is 0 Å². The number of amides is 1. The van der Waals surface area contributed by atoms with E-state index in [0.29, 0.717) is 5.82 Å². The number of aliphatic hydroxyl groups excluding tert-OH is 1. The molecule has 2 aromatic heterocycles. The number of nitrogens with zero attached hydrogens (tertiary/aromatic N) is 3. The van der Waals surface area contributed by atoms with Crippen LogP contribution >= 0.6 is 0 Å². The van der Waals surface area contributed by atoms with E-state index in [0.717, 1.165) is 11.1 Å². The van der Waals surface area contributed by atoms with E-state index < -0.39 is 6.10 Å². The smallest absolute Gasteiger partial charge is 0.270 e. The number of rotatable bonds is 5. The van der Waals surface area contributed by atoms with Crippen LogP contribution in [0.1, 0.15) is 27.7 Å². The predicted molar refractivity (Wildman–Crippen MR) is 89.8 cm³/mol. The number of aromatic nitrogens is 3. The summed E-state index contributed by atoms with van der Waals surface area (Å²) in [5.74, 6) is 0.282. The number of imidazole rings is 1. The fourth-order valence-corrected chi connectivity index (χ4v) is 2.44.